The third kappa shape index (κ3) is 3.27. The van der Waals surface area contributed by atoms with Crippen LogP contribution >= 0.6 is 23.1 Å². The number of carbonyl (C=O) groups excluding carboxylic acids is 1. The smallest absolute Gasteiger partial charge is 0.339 e. The topological polar surface area (TPSA) is 74.1 Å². The molecule has 0 atom stereocenters. The lowest BCUT2D eigenvalue weighted by Crippen LogP contribution is -2.23. The molecular formula is C20H19N3O3S2. The van der Waals surface area contributed by atoms with Gasteiger partial charge in [-0.15, -0.1) is 17.9 Å². The van der Waals surface area contributed by atoms with Crippen molar-refractivity contribution in [1.82, 2.24) is 14.5 Å². The van der Waals surface area contributed by atoms with Gasteiger partial charge >= 0.3 is 5.97 Å². The maximum absolute atomic E-state index is 13.2. The summed E-state index contributed by atoms with van der Waals surface area (Å²) in [6, 6.07) is 3.39. The van der Waals surface area contributed by atoms with Gasteiger partial charge in [0.25, 0.3) is 5.56 Å². The van der Waals surface area contributed by atoms with Crippen molar-refractivity contribution in [2.24, 2.45) is 0 Å². The summed E-state index contributed by atoms with van der Waals surface area (Å²) < 4.78 is 6.49. The van der Waals surface area contributed by atoms with Crippen molar-refractivity contribution in [3.05, 3.63) is 63.0 Å². The first-order chi connectivity index (χ1) is 13.6. The Labute approximate surface area is 170 Å². The van der Waals surface area contributed by atoms with E-state index in [9.17, 15) is 9.59 Å². The van der Waals surface area contributed by atoms with Gasteiger partial charge in [0, 0.05) is 23.4 Å². The molecular weight excluding hydrogens is 394 g/mol. The second-order valence-corrected chi connectivity index (χ2v) is 8.44. The minimum atomic E-state index is -0.426. The minimum absolute atomic E-state index is 0.0130. The van der Waals surface area contributed by atoms with Gasteiger partial charge in [0.1, 0.15) is 4.83 Å². The van der Waals surface area contributed by atoms with Crippen LogP contribution in [-0.4, -0.2) is 27.6 Å². The number of hydrogen-bond acceptors (Lipinski definition) is 7. The van der Waals surface area contributed by atoms with E-state index in [1.54, 1.807) is 40.3 Å². The van der Waals surface area contributed by atoms with Gasteiger partial charge < -0.3 is 4.74 Å². The van der Waals surface area contributed by atoms with E-state index in [0.29, 0.717) is 28.7 Å². The van der Waals surface area contributed by atoms with E-state index < -0.39 is 5.97 Å². The molecule has 0 amide bonds. The molecule has 0 fully saturated rings. The molecule has 1 aliphatic rings. The van der Waals surface area contributed by atoms with Crippen LogP contribution in [0.4, 0.5) is 0 Å². The number of methoxy groups -OCH3 is 1. The van der Waals surface area contributed by atoms with Crippen molar-refractivity contribution < 1.29 is 9.53 Å². The number of aromatic nitrogens is 3. The van der Waals surface area contributed by atoms with E-state index in [1.165, 1.54) is 29.3 Å². The maximum Gasteiger partial charge on any atom is 0.339 e. The first kappa shape index (κ1) is 18.9. The van der Waals surface area contributed by atoms with Crippen molar-refractivity contribution >= 4 is 39.3 Å². The highest BCUT2D eigenvalue weighted by molar-refractivity contribution is 7.98. The minimum Gasteiger partial charge on any atom is -0.465 e. The fourth-order valence-electron chi connectivity index (χ4n) is 3.44. The van der Waals surface area contributed by atoms with Crippen molar-refractivity contribution in [1.29, 1.82) is 0 Å². The molecule has 28 heavy (non-hydrogen) atoms. The number of carbonyl (C=O) groups is 1. The number of aryl methyl sites for hydroxylation is 2. The van der Waals surface area contributed by atoms with Crippen molar-refractivity contribution in [2.75, 3.05) is 7.11 Å². The van der Waals surface area contributed by atoms with Gasteiger partial charge in [-0.25, -0.2) is 9.78 Å². The molecule has 0 unspecified atom stereocenters. The molecule has 0 bridgehead atoms. The number of esters is 1. The molecule has 0 saturated carbocycles. The van der Waals surface area contributed by atoms with E-state index in [1.807, 2.05) is 0 Å². The van der Waals surface area contributed by atoms with Gasteiger partial charge in [0.05, 0.1) is 23.8 Å². The summed E-state index contributed by atoms with van der Waals surface area (Å²) in [7, 11) is 1.35. The molecule has 6 nitrogen and oxygen atoms in total. The van der Waals surface area contributed by atoms with Gasteiger partial charge in [-0.2, -0.15) is 0 Å². The summed E-state index contributed by atoms with van der Waals surface area (Å²) in [5.41, 5.74) is 2.18. The van der Waals surface area contributed by atoms with Crippen molar-refractivity contribution in [2.45, 2.75) is 36.7 Å². The molecule has 8 heteroatoms. The Morgan fingerprint density at radius 3 is 3.11 bits per heavy atom. The molecule has 0 aliphatic heterocycles. The molecule has 3 aromatic rings. The summed E-state index contributed by atoms with van der Waals surface area (Å²) in [6.07, 6.45) is 6.41. The molecule has 144 valence electrons. The van der Waals surface area contributed by atoms with Crippen LogP contribution in [0.1, 0.15) is 32.9 Å². The Balaban J connectivity index is 1.73. The summed E-state index contributed by atoms with van der Waals surface area (Å²) in [5.74, 6) is -0.0175. The lowest BCUT2D eigenvalue weighted by Gasteiger charge is -2.11. The van der Waals surface area contributed by atoms with E-state index >= 15 is 0 Å². The van der Waals surface area contributed by atoms with Gasteiger partial charge in [0.2, 0.25) is 0 Å². The number of ether oxygens (including phenoxy) is 1. The largest absolute Gasteiger partial charge is 0.465 e. The molecule has 0 aromatic carbocycles. The van der Waals surface area contributed by atoms with E-state index in [-0.39, 0.29) is 5.56 Å². The number of thiophene rings is 1. The number of thioether (sulfide) groups is 1. The number of fused-ring (bicyclic) bond motifs is 3. The summed E-state index contributed by atoms with van der Waals surface area (Å²) in [6.45, 7) is 4.17. The molecule has 3 heterocycles. The molecule has 4 rings (SSSR count). The van der Waals surface area contributed by atoms with Crippen LogP contribution in [0.2, 0.25) is 0 Å². The van der Waals surface area contributed by atoms with Gasteiger partial charge in [-0.1, -0.05) is 17.8 Å². The lowest BCUT2D eigenvalue weighted by atomic mass is 10.2. The number of rotatable bonds is 6. The van der Waals surface area contributed by atoms with Gasteiger partial charge in [-0.3, -0.25) is 14.3 Å². The lowest BCUT2D eigenvalue weighted by molar-refractivity contribution is 0.0599. The van der Waals surface area contributed by atoms with Crippen LogP contribution in [0.5, 0.6) is 0 Å². The number of nitrogens with zero attached hydrogens (tertiary/aromatic N) is 3. The summed E-state index contributed by atoms with van der Waals surface area (Å²) in [4.78, 5) is 36.3. The van der Waals surface area contributed by atoms with E-state index in [2.05, 4.69) is 11.6 Å². The fraction of sp³-hybridized carbons (Fsp3) is 0.300. The predicted octanol–water partition coefficient (Wildman–Crippen LogP) is 3.61. The second kappa shape index (κ2) is 7.89. The highest BCUT2D eigenvalue weighted by atomic mass is 32.2. The number of allylic oxidation sites excluding steroid dienone is 1. The van der Waals surface area contributed by atoms with Gasteiger partial charge in [-0.05, 0) is 37.0 Å². The maximum atomic E-state index is 13.2. The Morgan fingerprint density at radius 2 is 2.32 bits per heavy atom. The third-order valence-electron chi connectivity index (χ3n) is 4.74. The van der Waals surface area contributed by atoms with Crippen LogP contribution in [0.15, 0.2) is 40.9 Å². The zero-order valence-corrected chi connectivity index (χ0v) is 17.1. The Bertz CT molecular complexity index is 1130. The highest BCUT2D eigenvalue weighted by Crippen LogP contribution is 2.36. The van der Waals surface area contributed by atoms with Crippen LogP contribution in [0, 0.1) is 0 Å². The molecule has 1 aliphatic carbocycles. The normalized spacial score (nSPS) is 12.9. The van der Waals surface area contributed by atoms with Crippen molar-refractivity contribution in [3.63, 3.8) is 0 Å². The van der Waals surface area contributed by atoms with Gasteiger partial charge in [0.15, 0.2) is 5.16 Å². The summed E-state index contributed by atoms with van der Waals surface area (Å²) >= 11 is 3.01. The predicted molar refractivity (Wildman–Crippen MR) is 111 cm³/mol. The van der Waals surface area contributed by atoms with E-state index in [0.717, 1.165) is 29.5 Å². The standard InChI is InChI=1S/C20H19N3O3S2/c1-3-10-23-18(24)16-13-6-4-8-15(13)28-17(16)22-20(23)27-11-14-12(19(25)26-2)7-5-9-21-14/h3,5,7,9H,1,4,6,8,10-11H2,2H3. The Hall–Kier alpha value is -2.45. The first-order valence-electron chi connectivity index (χ1n) is 8.95. The average Bonchev–Trinajstić information content (AvgIpc) is 3.29. The zero-order chi connectivity index (χ0) is 19.7. The van der Waals surface area contributed by atoms with Crippen LogP contribution in [-0.2, 0) is 29.9 Å². The van der Waals surface area contributed by atoms with Crippen LogP contribution in [0.25, 0.3) is 10.2 Å². The first-order valence-corrected chi connectivity index (χ1v) is 10.7. The quantitative estimate of drug-likeness (QED) is 0.266. The monoisotopic (exact) mass is 413 g/mol. The number of pyridine rings is 1. The zero-order valence-electron chi connectivity index (χ0n) is 15.4. The molecule has 0 N–H and O–H groups in total. The molecule has 3 aromatic heterocycles. The Morgan fingerprint density at radius 1 is 1.46 bits per heavy atom. The van der Waals surface area contributed by atoms with Crippen molar-refractivity contribution in [3.8, 4) is 0 Å². The number of hydrogen-bond donors (Lipinski definition) is 0. The third-order valence-corrected chi connectivity index (χ3v) is 6.91. The summed E-state index contributed by atoms with van der Waals surface area (Å²) in [5, 5.41) is 1.37. The second-order valence-electron chi connectivity index (χ2n) is 6.41. The van der Waals surface area contributed by atoms with E-state index in [4.69, 9.17) is 9.72 Å². The van der Waals surface area contributed by atoms with Crippen LogP contribution < -0.4 is 5.56 Å². The molecule has 0 radical (unpaired) electrons. The highest BCUT2D eigenvalue weighted by Gasteiger charge is 2.23. The van der Waals surface area contributed by atoms with Crippen LogP contribution in [0.3, 0.4) is 0 Å². The fourth-order valence-corrected chi connectivity index (χ4v) is 5.71. The average molecular weight is 414 g/mol. The molecule has 0 spiro atoms. The SMILES string of the molecule is C=CCn1c(SCc2ncccc2C(=O)OC)nc2sc3c(c2c1=O)CCC3. The molecule has 0 saturated heterocycles. The Kier molecular flexibility index (Phi) is 5.32.